The third kappa shape index (κ3) is 4.45. The number of anilines is 2. The van der Waals surface area contributed by atoms with Gasteiger partial charge in [0.15, 0.2) is 11.6 Å². The van der Waals surface area contributed by atoms with E-state index < -0.39 is 0 Å². The third-order valence-electron chi connectivity index (χ3n) is 5.82. The number of piperazine rings is 1. The van der Waals surface area contributed by atoms with Crippen molar-refractivity contribution in [3.8, 4) is 0 Å². The first-order valence-corrected chi connectivity index (χ1v) is 9.87. The number of hydrogen-bond acceptors (Lipinski definition) is 7. The summed E-state index contributed by atoms with van der Waals surface area (Å²) in [5, 5.41) is 9.37. The van der Waals surface area contributed by atoms with Crippen LogP contribution in [0.2, 0.25) is 0 Å². The van der Waals surface area contributed by atoms with Gasteiger partial charge in [0.1, 0.15) is 0 Å². The SMILES string of the molecule is CN1CCN([C@H]2CCN(c3nccnc3N(C)C)C[C@H]2CCCO)CC1. The second-order valence-electron chi connectivity index (χ2n) is 7.87. The van der Waals surface area contributed by atoms with Gasteiger partial charge in [-0.05, 0) is 32.2 Å². The fourth-order valence-electron chi connectivity index (χ4n) is 4.35. The summed E-state index contributed by atoms with van der Waals surface area (Å²) < 4.78 is 0. The molecule has 2 saturated heterocycles. The topological polar surface area (TPSA) is 59.0 Å². The number of aromatic nitrogens is 2. The summed E-state index contributed by atoms with van der Waals surface area (Å²) in [6, 6.07) is 0.617. The van der Waals surface area contributed by atoms with E-state index in [1.54, 1.807) is 12.4 Å². The molecule has 0 aliphatic carbocycles. The molecule has 1 aromatic rings. The lowest BCUT2D eigenvalue weighted by Crippen LogP contribution is -2.56. The number of aliphatic hydroxyl groups excluding tert-OH is 1. The summed E-state index contributed by atoms with van der Waals surface area (Å²) >= 11 is 0. The lowest BCUT2D eigenvalue weighted by Gasteiger charge is -2.47. The number of rotatable bonds is 6. The molecule has 2 aliphatic rings. The molecular weight excluding hydrogens is 328 g/mol. The van der Waals surface area contributed by atoms with Crippen LogP contribution in [-0.4, -0.2) is 97.9 Å². The van der Waals surface area contributed by atoms with Gasteiger partial charge in [-0.1, -0.05) is 0 Å². The highest BCUT2D eigenvalue weighted by atomic mass is 16.2. The number of hydrogen-bond donors (Lipinski definition) is 1. The van der Waals surface area contributed by atoms with Crippen molar-refractivity contribution in [1.29, 1.82) is 0 Å². The van der Waals surface area contributed by atoms with Crippen molar-refractivity contribution in [3.05, 3.63) is 12.4 Å². The lowest BCUT2D eigenvalue weighted by atomic mass is 9.86. The van der Waals surface area contributed by atoms with Crippen LogP contribution in [0, 0.1) is 5.92 Å². The molecule has 7 heteroatoms. The molecule has 0 saturated carbocycles. The fourth-order valence-corrected chi connectivity index (χ4v) is 4.35. The summed E-state index contributed by atoms with van der Waals surface area (Å²) in [6.07, 6.45) is 6.66. The molecule has 1 N–H and O–H groups in total. The fraction of sp³-hybridized carbons (Fsp3) is 0.789. The smallest absolute Gasteiger partial charge is 0.171 e. The zero-order valence-corrected chi connectivity index (χ0v) is 16.5. The molecule has 0 aromatic carbocycles. The minimum atomic E-state index is 0.278. The molecular formula is C19H34N6O. The molecule has 0 radical (unpaired) electrons. The van der Waals surface area contributed by atoms with Gasteiger partial charge in [-0.25, -0.2) is 9.97 Å². The molecule has 2 fully saturated rings. The van der Waals surface area contributed by atoms with Crippen molar-refractivity contribution >= 4 is 11.6 Å². The zero-order valence-electron chi connectivity index (χ0n) is 16.5. The van der Waals surface area contributed by atoms with Crippen molar-refractivity contribution in [2.24, 2.45) is 5.92 Å². The number of nitrogens with zero attached hydrogens (tertiary/aromatic N) is 6. The van der Waals surface area contributed by atoms with Crippen molar-refractivity contribution in [2.45, 2.75) is 25.3 Å². The van der Waals surface area contributed by atoms with Crippen LogP contribution in [0.15, 0.2) is 12.4 Å². The maximum atomic E-state index is 9.37. The average Bonchev–Trinajstić information content (AvgIpc) is 2.67. The van der Waals surface area contributed by atoms with Gasteiger partial charge in [-0.3, -0.25) is 4.90 Å². The molecule has 26 heavy (non-hydrogen) atoms. The first kappa shape index (κ1) is 19.3. The number of piperidine rings is 1. The van der Waals surface area contributed by atoms with Crippen molar-refractivity contribution in [1.82, 2.24) is 19.8 Å². The minimum Gasteiger partial charge on any atom is -0.396 e. The largest absolute Gasteiger partial charge is 0.396 e. The highest BCUT2D eigenvalue weighted by Gasteiger charge is 2.35. The molecule has 3 rings (SSSR count). The Hall–Kier alpha value is -1.44. The Bertz CT molecular complexity index is 561. The van der Waals surface area contributed by atoms with Crippen LogP contribution in [0.5, 0.6) is 0 Å². The zero-order chi connectivity index (χ0) is 18.5. The molecule has 0 unspecified atom stereocenters. The van der Waals surface area contributed by atoms with Crippen LogP contribution in [0.3, 0.4) is 0 Å². The van der Waals surface area contributed by atoms with Crippen molar-refractivity contribution in [3.63, 3.8) is 0 Å². The standard InChI is InChI=1S/C19H34N6O/c1-22(2)18-19(21-8-7-20-18)25-9-6-17(16(15-25)5-4-14-26)24-12-10-23(3)11-13-24/h7-8,16-17,26H,4-6,9-15H2,1-3H3/t16-,17+/m1/s1. The van der Waals surface area contributed by atoms with E-state index in [0.29, 0.717) is 12.0 Å². The van der Waals surface area contributed by atoms with E-state index in [1.807, 2.05) is 19.0 Å². The van der Waals surface area contributed by atoms with Crippen LogP contribution in [0.4, 0.5) is 11.6 Å². The van der Waals surface area contributed by atoms with E-state index in [4.69, 9.17) is 0 Å². The van der Waals surface area contributed by atoms with Crippen LogP contribution in [0.25, 0.3) is 0 Å². The van der Waals surface area contributed by atoms with E-state index in [2.05, 4.69) is 31.7 Å². The van der Waals surface area contributed by atoms with Gasteiger partial charge >= 0.3 is 0 Å². The Morgan fingerprint density at radius 1 is 1.12 bits per heavy atom. The molecule has 3 heterocycles. The maximum absolute atomic E-state index is 9.37. The summed E-state index contributed by atoms with van der Waals surface area (Å²) in [6.45, 7) is 6.92. The van der Waals surface area contributed by atoms with Gasteiger partial charge in [0, 0.05) is 78.4 Å². The Morgan fingerprint density at radius 2 is 1.85 bits per heavy atom. The predicted molar refractivity (Wildman–Crippen MR) is 106 cm³/mol. The van der Waals surface area contributed by atoms with Crippen molar-refractivity contribution in [2.75, 3.05) is 76.8 Å². The van der Waals surface area contributed by atoms with Crippen LogP contribution >= 0.6 is 0 Å². The van der Waals surface area contributed by atoms with Gasteiger partial charge in [-0.2, -0.15) is 0 Å². The second kappa shape index (κ2) is 8.97. The lowest BCUT2D eigenvalue weighted by molar-refractivity contribution is 0.0637. The number of aliphatic hydroxyl groups is 1. The van der Waals surface area contributed by atoms with E-state index in [1.165, 1.54) is 0 Å². The quantitative estimate of drug-likeness (QED) is 0.802. The molecule has 146 valence electrons. The van der Waals surface area contributed by atoms with E-state index in [0.717, 1.165) is 70.2 Å². The highest BCUT2D eigenvalue weighted by Crippen LogP contribution is 2.32. The molecule has 2 aliphatic heterocycles. The average molecular weight is 363 g/mol. The van der Waals surface area contributed by atoms with E-state index >= 15 is 0 Å². The van der Waals surface area contributed by atoms with Crippen LogP contribution in [0.1, 0.15) is 19.3 Å². The van der Waals surface area contributed by atoms with Gasteiger partial charge < -0.3 is 19.8 Å². The molecule has 1 aromatic heterocycles. The molecule has 0 amide bonds. The van der Waals surface area contributed by atoms with Gasteiger partial charge in [0.2, 0.25) is 0 Å². The summed E-state index contributed by atoms with van der Waals surface area (Å²) in [4.78, 5) is 18.7. The van der Waals surface area contributed by atoms with Gasteiger partial charge in [0.05, 0.1) is 0 Å². The third-order valence-corrected chi connectivity index (χ3v) is 5.82. The predicted octanol–water partition coefficient (Wildman–Crippen LogP) is 0.757. The summed E-state index contributed by atoms with van der Waals surface area (Å²) in [7, 11) is 6.25. The summed E-state index contributed by atoms with van der Waals surface area (Å²) in [5.74, 6) is 2.49. The molecule has 2 atom stereocenters. The molecule has 0 bridgehead atoms. The Labute approximate surface area is 157 Å². The Balaban J connectivity index is 1.73. The monoisotopic (exact) mass is 362 g/mol. The van der Waals surface area contributed by atoms with E-state index in [-0.39, 0.29) is 6.61 Å². The van der Waals surface area contributed by atoms with Crippen LogP contribution in [-0.2, 0) is 0 Å². The molecule has 7 nitrogen and oxygen atoms in total. The summed E-state index contributed by atoms with van der Waals surface area (Å²) in [5.41, 5.74) is 0. The van der Waals surface area contributed by atoms with Gasteiger partial charge in [0.25, 0.3) is 0 Å². The normalized spacial score (nSPS) is 25.5. The van der Waals surface area contributed by atoms with Crippen LogP contribution < -0.4 is 9.80 Å². The Kier molecular flexibility index (Phi) is 6.67. The first-order valence-electron chi connectivity index (χ1n) is 9.87. The maximum Gasteiger partial charge on any atom is 0.171 e. The minimum absolute atomic E-state index is 0.278. The number of likely N-dealkylation sites (N-methyl/N-ethyl adjacent to an activating group) is 1. The van der Waals surface area contributed by atoms with E-state index in [9.17, 15) is 5.11 Å². The van der Waals surface area contributed by atoms with Gasteiger partial charge in [-0.15, -0.1) is 0 Å². The van der Waals surface area contributed by atoms with Crippen molar-refractivity contribution < 1.29 is 5.11 Å². The molecule has 0 spiro atoms. The second-order valence-corrected chi connectivity index (χ2v) is 7.87. The first-order chi connectivity index (χ1) is 12.6. The Morgan fingerprint density at radius 3 is 2.54 bits per heavy atom. The highest BCUT2D eigenvalue weighted by molar-refractivity contribution is 5.61.